The zero-order valence-corrected chi connectivity index (χ0v) is 13.5. The fourth-order valence-electron chi connectivity index (χ4n) is 1.96. The second-order valence-corrected chi connectivity index (χ2v) is 6.10. The van der Waals surface area contributed by atoms with Crippen molar-refractivity contribution in [1.29, 1.82) is 0 Å². The van der Waals surface area contributed by atoms with Crippen LogP contribution in [-0.4, -0.2) is 16.6 Å². The first-order valence-corrected chi connectivity index (χ1v) is 8.39. The third-order valence-electron chi connectivity index (χ3n) is 3.19. The first-order chi connectivity index (χ1) is 10.7. The first-order valence-electron chi connectivity index (χ1n) is 7.40. The Bertz CT molecular complexity index is 596. The predicted octanol–water partition coefficient (Wildman–Crippen LogP) is 3.74. The second-order valence-electron chi connectivity index (χ2n) is 5.06. The largest absolute Gasteiger partial charge is 0.384 e. The molecule has 0 saturated heterocycles. The van der Waals surface area contributed by atoms with E-state index in [4.69, 9.17) is 5.73 Å². The predicted molar refractivity (Wildman–Crippen MR) is 93.1 cm³/mol. The Hall–Kier alpha value is -2.01. The van der Waals surface area contributed by atoms with Crippen LogP contribution in [0.5, 0.6) is 0 Å². The number of amides is 1. The summed E-state index contributed by atoms with van der Waals surface area (Å²) in [4.78, 5) is 16.9. The Balaban J connectivity index is 1.80. The lowest BCUT2D eigenvalue weighted by molar-refractivity contribution is -0.113. The molecule has 0 saturated carbocycles. The summed E-state index contributed by atoms with van der Waals surface area (Å²) in [7, 11) is 0. The maximum atomic E-state index is 11.9. The fourth-order valence-corrected chi connectivity index (χ4v) is 2.62. The van der Waals surface area contributed by atoms with E-state index in [9.17, 15) is 4.79 Å². The van der Waals surface area contributed by atoms with Gasteiger partial charge < -0.3 is 11.1 Å². The molecule has 3 N–H and O–H groups in total. The van der Waals surface area contributed by atoms with Gasteiger partial charge in [-0.15, -0.1) is 11.8 Å². The van der Waals surface area contributed by atoms with Gasteiger partial charge in [0.2, 0.25) is 5.91 Å². The van der Waals surface area contributed by atoms with Crippen molar-refractivity contribution in [3.8, 4) is 0 Å². The van der Waals surface area contributed by atoms with Gasteiger partial charge >= 0.3 is 0 Å². The lowest BCUT2D eigenvalue weighted by Crippen LogP contribution is -2.13. The van der Waals surface area contributed by atoms with Gasteiger partial charge in [0.05, 0.1) is 5.75 Å². The molecule has 0 fully saturated rings. The quantitative estimate of drug-likeness (QED) is 0.764. The molecule has 0 spiro atoms. The number of rotatable bonds is 7. The third-order valence-corrected chi connectivity index (χ3v) is 4.17. The first kappa shape index (κ1) is 16.4. The molecule has 116 valence electrons. The number of nitrogens with two attached hydrogens (primary N) is 1. The van der Waals surface area contributed by atoms with Gasteiger partial charge in [-0.2, -0.15) is 0 Å². The molecule has 1 aromatic heterocycles. The maximum Gasteiger partial charge on any atom is 0.234 e. The number of carbonyl (C=O) groups is 1. The number of hydrogen-bond acceptors (Lipinski definition) is 4. The Morgan fingerprint density at radius 2 is 2.00 bits per heavy atom. The highest BCUT2D eigenvalue weighted by Crippen LogP contribution is 2.18. The van der Waals surface area contributed by atoms with Crippen LogP contribution in [0.3, 0.4) is 0 Å². The van der Waals surface area contributed by atoms with Gasteiger partial charge in [0.15, 0.2) is 0 Å². The van der Waals surface area contributed by atoms with Crippen LogP contribution in [0.2, 0.25) is 0 Å². The van der Waals surface area contributed by atoms with Gasteiger partial charge in [0.25, 0.3) is 0 Å². The molecule has 5 heteroatoms. The number of aromatic nitrogens is 1. The monoisotopic (exact) mass is 315 g/mol. The third kappa shape index (κ3) is 5.41. The lowest BCUT2D eigenvalue weighted by Gasteiger charge is -2.06. The van der Waals surface area contributed by atoms with Crippen molar-refractivity contribution in [1.82, 2.24) is 4.98 Å². The zero-order valence-electron chi connectivity index (χ0n) is 12.7. The minimum absolute atomic E-state index is 0.0249. The van der Waals surface area contributed by atoms with Crippen molar-refractivity contribution in [2.45, 2.75) is 31.1 Å². The van der Waals surface area contributed by atoms with E-state index in [1.807, 2.05) is 18.2 Å². The van der Waals surface area contributed by atoms with Crippen LogP contribution in [0.15, 0.2) is 47.5 Å². The van der Waals surface area contributed by atoms with Crippen molar-refractivity contribution in [3.63, 3.8) is 0 Å². The standard InChI is InChI=1S/C17H21N3OS/c1-2-3-4-13-5-7-14(8-6-13)20-17(21)12-22-15-9-10-16(18)19-11-15/h5-11H,2-4,12H2,1H3,(H2,18,19)(H,20,21). The Morgan fingerprint density at radius 3 is 2.64 bits per heavy atom. The van der Waals surface area contributed by atoms with Gasteiger partial charge in [-0.25, -0.2) is 4.98 Å². The van der Waals surface area contributed by atoms with Crippen LogP contribution in [-0.2, 0) is 11.2 Å². The number of anilines is 2. The molecule has 1 heterocycles. The van der Waals surface area contributed by atoms with Crippen molar-refractivity contribution in [3.05, 3.63) is 48.2 Å². The number of nitrogens with one attached hydrogen (secondary N) is 1. The highest BCUT2D eigenvalue weighted by Gasteiger charge is 2.04. The summed E-state index contributed by atoms with van der Waals surface area (Å²) in [5.41, 5.74) is 7.67. The molecule has 22 heavy (non-hydrogen) atoms. The molecule has 0 bridgehead atoms. The molecule has 1 amide bonds. The van der Waals surface area contributed by atoms with E-state index in [0.717, 1.165) is 17.0 Å². The van der Waals surface area contributed by atoms with E-state index in [1.54, 1.807) is 12.3 Å². The summed E-state index contributed by atoms with van der Waals surface area (Å²) in [5.74, 6) is 0.809. The summed E-state index contributed by atoms with van der Waals surface area (Å²) in [6, 6.07) is 11.7. The number of thioether (sulfide) groups is 1. The summed E-state index contributed by atoms with van der Waals surface area (Å²) in [6.45, 7) is 2.18. The van der Waals surface area contributed by atoms with E-state index in [1.165, 1.54) is 30.2 Å². The number of pyridine rings is 1. The average molecular weight is 315 g/mol. The minimum Gasteiger partial charge on any atom is -0.384 e. The Labute approximate surface area is 135 Å². The number of aryl methyl sites for hydroxylation is 1. The van der Waals surface area contributed by atoms with E-state index in [-0.39, 0.29) is 5.91 Å². The molecule has 2 aromatic rings. The number of nitrogens with zero attached hydrogens (tertiary/aromatic N) is 1. The summed E-state index contributed by atoms with van der Waals surface area (Å²) < 4.78 is 0. The molecular weight excluding hydrogens is 294 g/mol. The van der Waals surface area contributed by atoms with Crippen LogP contribution in [0.25, 0.3) is 0 Å². The van der Waals surface area contributed by atoms with Gasteiger partial charge in [0, 0.05) is 16.8 Å². The van der Waals surface area contributed by atoms with Crippen molar-refractivity contribution in [2.24, 2.45) is 0 Å². The molecule has 0 aliphatic carbocycles. The SMILES string of the molecule is CCCCc1ccc(NC(=O)CSc2ccc(N)nc2)cc1. The number of nitrogen functional groups attached to an aromatic ring is 1. The van der Waals surface area contributed by atoms with Crippen molar-refractivity contribution >= 4 is 29.2 Å². The molecule has 0 aliphatic heterocycles. The molecule has 4 nitrogen and oxygen atoms in total. The van der Waals surface area contributed by atoms with E-state index >= 15 is 0 Å². The normalized spacial score (nSPS) is 10.4. The van der Waals surface area contributed by atoms with Gasteiger partial charge in [-0.1, -0.05) is 25.5 Å². The maximum absolute atomic E-state index is 11.9. The van der Waals surface area contributed by atoms with Crippen LogP contribution in [0, 0.1) is 0 Å². The van der Waals surface area contributed by atoms with Gasteiger partial charge in [-0.3, -0.25) is 4.79 Å². The lowest BCUT2D eigenvalue weighted by atomic mass is 10.1. The molecule has 0 aliphatic rings. The van der Waals surface area contributed by atoms with E-state index in [0.29, 0.717) is 11.6 Å². The van der Waals surface area contributed by atoms with Crippen molar-refractivity contribution in [2.75, 3.05) is 16.8 Å². The van der Waals surface area contributed by atoms with Crippen LogP contribution < -0.4 is 11.1 Å². The number of carbonyl (C=O) groups excluding carboxylic acids is 1. The van der Waals surface area contributed by atoms with Crippen LogP contribution in [0.4, 0.5) is 11.5 Å². The van der Waals surface area contributed by atoms with Crippen molar-refractivity contribution < 1.29 is 4.79 Å². The second kappa shape index (κ2) is 8.44. The molecule has 2 rings (SSSR count). The molecule has 0 radical (unpaired) electrons. The van der Waals surface area contributed by atoms with Gasteiger partial charge in [0.1, 0.15) is 5.82 Å². The molecule has 0 atom stereocenters. The average Bonchev–Trinajstić information content (AvgIpc) is 2.54. The molecule has 0 unspecified atom stereocenters. The highest BCUT2D eigenvalue weighted by atomic mass is 32.2. The summed E-state index contributed by atoms with van der Waals surface area (Å²) in [5, 5.41) is 2.90. The van der Waals surface area contributed by atoms with Crippen LogP contribution >= 0.6 is 11.8 Å². The number of benzene rings is 1. The van der Waals surface area contributed by atoms with Crippen LogP contribution in [0.1, 0.15) is 25.3 Å². The molecular formula is C17H21N3OS. The Morgan fingerprint density at radius 1 is 1.23 bits per heavy atom. The number of unbranched alkanes of at least 4 members (excludes halogenated alkanes) is 1. The fraction of sp³-hybridized carbons (Fsp3) is 0.294. The highest BCUT2D eigenvalue weighted by molar-refractivity contribution is 8.00. The summed E-state index contributed by atoms with van der Waals surface area (Å²) in [6.07, 6.45) is 5.15. The Kier molecular flexibility index (Phi) is 6.27. The smallest absolute Gasteiger partial charge is 0.234 e. The van der Waals surface area contributed by atoms with E-state index < -0.39 is 0 Å². The zero-order chi connectivity index (χ0) is 15.8. The molecule has 1 aromatic carbocycles. The van der Waals surface area contributed by atoms with E-state index in [2.05, 4.69) is 29.4 Å². The van der Waals surface area contributed by atoms with Gasteiger partial charge in [-0.05, 0) is 42.7 Å². The topological polar surface area (TPSA) is 68.0 Å². The minimum atomic E-state index is -0.0249. The number of hydrogen-bond donors (Lipinski definition) is 2. The summed E-state index contributed by atoms with van der Waals surface area (Å²) >= 11 is 1.44.